The van der Waals surface area contributed by atoms with Gasteiger partial charge in [-0.3, -0.25) is 4.79 Å². The van der Waals surface area contributed by atoms with Crippen LogP contribution in [0.2, 0.25) is 0 Å². The highest BCUT2D eigenvalue weighted by Crippen LogP contribution is 2.35. The van der Waals surface area contributed by atoms with Gasteiger partial charge in [-0.25, -0.2) is 0 Å². The Morgan fingerprint density at radius 1 is 1.50 bits per heavy atom. The standard InChI is InChI=1S/C9H18N2O4S/c1-4-9(8(12)13)5-6-11(7-9)16(14,15)10(2)3/h4-7H2,1-3H3,(H,12,13). The van der Waals surface area contributed by atoms with Crippen LogP contribution in [0.4, 0.5) is 0 Å². The van der Waals surface area contributed by atoms with Crippen LogP contribution in [0.3, 0.4) is 0 Å². The van der Waals surface area contributed by atoms with Gasteiger partial charge in [0, 0.05) is 27.2 Å². The van der Waals surface area contributed by atoms with Crippen molar-refractivity contribution in [3.05, 3.63) is 0 Å². The Labute approximate surface area is 96.0 Å². The third-order valence-electron chi connectivity index (χ3n) is 3.24. The van der Waals surface area contributed by atoms with Crippen LogP contribution in [-0.2, 0) is 15.0 Å². The number of rotatable bonds is 4. The van der Waals surface area contributed by atoms with Crippen LogP contribution in [0.15, 0.2) is 0 Å². The van der Waals surface area contributed by atoms with E-state index >= 15 is 0 Å². The molecule has 7 heteroatoms. The molecule has 1 heterocycles. The van der Waals surface area contributed by atoms with Crippen LogP contribution < -0.4 is 0 Å². The van der Waals surface area contributed by atoms with E-state index in [1.54, 1.807) is 6.92 Å². The zero-order valence-corrected chi connectivity index (χ0v) is 10.6. The van der Waals surface area contributed by atoms with Crippen molar-refractivity contribution in [2.24, 2.45) is 5.41 Å². The molecule has 0 aromatic carbocycles. The molecule has 1 saturated heterocycles. The van der Waals surface area contributed by atoms with Gasteiger partial charge in [0.1, 0.15) is 0 Å². The van der Waals surface area contributed by atoms with E-state index in [1.807, 2.05) is 0 Å². The summed E-state index contributed by atoms with van der Waals surface area (Å²) in [6.45, 7) is 2.12. The number of carboxylic acids is 1. The van der Waals surface area contributed by atoms with E-state index in [0.717, 1.165) is 4.31 Å². The van der Waals surface area contributed by atoms with Gasteiger partial charge in [-0.15, -0.1) is 0 Å². The predicted molar refractivity (Wildman–Crippen MR) is 59.2 cm³/mol. The summed E-state index contributed by atoms with van der Waals surface area (Å²) in [5.74, 6) is -0.911. The van der Waals surface area contributed by atoms with Crippen LogP contribution in [0.25, 0.3) is 0 Å². The molecular formula is C9H18N2O4S. The first kappa shape index (κ1) is 13.4. The third kappa shape index (κ3) is 2.07. The Hall–Kier alpha value is -0.660. The lowest BCUT2D eigenvalue weighted by atomic mass is 9.85. The molecule has 0 bridgehead atoms. The number of hydrogen-bond donors (Lipinski definition) is 1. The number of hydrogen-bond acceptors (Lipinski definition) is 3. The van der Waals surface area contributed by atoms with Crippen molar-refractivity contribution in [2.75, 3.05) is 27.2 Å². The van der Waals surface area contributed by atoms with Crippen molar-refractivity contribution in [2.45, 2.75) is 19.8 Å². The molecule has 94 valence electrons. The first-order valence-electron chi connectivity index (χ1n) is 5.17. The first-order valence-corrected chi connectivity index (χ1v) is 6.57. The fourth-order valence-corrected chi connectivity index (χ4v) is 3.07. The number of aliphatic carboxylic acids is 1. The van der Waals surface area contributed by atoms with Crippen LogP contribution in [0, 0.1) is 5.41 Å². The molecule has 1 fully saturated rings. The maximum Gasteiger partial charge on any atom is 0.311 e. The average molecular weight is 250 g/mol. The molecule has 1 aliphatic heterocycles. The molecule has 1 aliphatic rings. The Morgan fingerprint density at radius 2 is 2.06 bits per heavy atom. The second-order valence-corrected chi connectivity index (χ2v) is 6.46. The van der Waals surface area contributed by atoms with Gasteiger partial charge in [0.2, 0.25) is 0 Å². The van der Waals surface area contributed by atoms with Crippen molar-refractivity contribution >= 4 is 16.2 Å². The van der Waals surface area contributed by atoms with Gasteiger partial charge >= 0.3 is 5.97 Å². The van der Waals surface area contributed by atoms with Gasteiger partial charge in [0.15, 0.2) is 0 Å². The zero-order chi connectivity index (χ0) is 12.6. The van der Waals surface area contributed by atoms with Gasteiger partial charge < -0.3 is 5.11 Å². The first-order chi connectivity index (χ1) is 7.26. The molecule has 0 radical (unpaired) electrons. The van der Waals surface area contributed by atoms with E-state index in [4.69, 9.17) is 5.11 Å². The molecule has 1 atom stereocenters. The van der Waals surface area contributed by atoms with Gasteiger partial charge in [-0.1, -0.05) is 6.92 Å². The maximum atomic E-state index is 11.8. The molecule has 0 aromatic rings. The molecule has 0 amide bonds. The van der Waals surface area contributed by atoms with Crippen molar-refractivity contribution in [1.29, 1.82) is 0 Å². The van der Waals surface area contributed by atoms with E-state index in [0.29, 0.717) is 12.8 Å². The quantitative estimate of drug-likeness (QED) is 0.760. The normalized spacial score (nSPS) is 27.5. The highest BCUT2D eigenvalue weighted by atomic mass is 32.2. The van der Waals surface area contributed by atoms with E-state index in [-0.39, 0.29) is 13.1 Å². The zero-order valence-electron chi connectivity index (χ0n) is 9.80. The summed E-state index contributed by atoms with van der Waals surface area (Å²) in [6.07, 6.45) is 0.827. The van der Waals surface area contributed by atoms with E-state index in [2.05, 4.69) is 0 Å². The minimum Gasteiger partial charge on any atom is -0.481 e. The van der Waals surface area contributed by atoms with E-state index in [1.165, 1.54) is 18.4 Å². The smallest absolute Gasteiger partial charge is 0.311 e. The average Bonchev–Trinajstić information content (AvgIpc) is 2.63. The van der Waals surface area contributed by atoms with Crippen LogP contribution in [0.1, 0.15) is 19.8 Å². The molecule has 0 aromatic heterocycles. The summed E-state index contributed by atoms with van der Waals surface area (Å²) in [5.41, 5.74) is -0.914. The number of carbonyl (C=O) groups is 1. The highest BCUT2D eigenvalue weighted by Gasteiger charge is 2.47. The lowest BCUT2D eigenvalue weighted by Gasteiger charge is -2.24. The van der Waals surface area contributed by atoms with Gasteiger partial charge in [0.05, 0.1) is 5.41 Å². The van der Waals surface area contributed by atoms with Gasteiger partial charge in [0.25, 0.3) is 10.2 Å². The maximum absolute atomic E-state index is 11.8. The predicted octanol–water partition coefficient (Wildman–Crippen LogP) is -0.0205. The summed E-state index contributed by atoms with van der Waals surface area (Å²) in [6, 6.07) is 0. The number of nitrogens with zero attached hydrogens (tertiary/aromatic N) is 2. The molecule has 6 nitrogen and oxygen atoms in total. The number of carboxylic acid groups (broad SMARTS) is 1. The molecular weight excluding hydrogens is 232 g/mol. The Morgan fingerprint density at radius 3 is 2.38 bits per heavy atom. The summed E-state index contributed by atoms with van der Waals surface area (Å²) < 4.78 is 26.0. The van der Waals surface area contributed by atoms with Crippen molar-refractivity contribution < 1.29 is 18.3 Å². The van der Waals surface area contributed by atoms with Gasteiger partial charge in [-0.05, 0) is 12.8 Å². The largest absolute Gasteiger partial charge is 0.481 e. The van der Waals surface area contributed by atoms with E-state index < -0.39 is 21.6 Å². The Kier molecular flexibility index (Phi) is 3.61. The second-order valence-electron chi connectivity index (χ2n) is 4.31. The van der Waals surface area contributed by atoms with Crippen molar-refractivity contribution in [1.82, 2.24) is 8.61 Å². The van der Waals surface area contributed by atoms with Crippen molar-refractivity contribution in [3.63, 3.8) is 0 Å². The lowest BCUT2D eigenvalue weighted by Crippen LogP contribution is -2.41. The van der Waals surface area contributed by atoms with Crippen LogP contribution in [-0.4, -0.2) is 55.3 Å². The molecule has 1 N–H and O–H groups in total. The topological polar surface area (TPSA) is 77.9 Å². The molecule has 0 spiro atoms. The fraction of sp³-hybridized carbons (Fsp3) is 0.889. The SMILES string of the molecule is CCC1(C(=O)O)CCN(S(=O)(=O)N(C)C)C1. The summed E-state index contributed by atoms with van der Waals surface area (Å²) >= 11 is 0. The van der Waals surface area contributed by atoms with Crippen LogP contribution >= 0.6 is 0 Å². The Balaban J connectivity index is 2.91. The van der Waals surface area contributed by atoms with Crippen LogP contribution in [0.5, 0.6) is 0 Å². The molecule has 1 rings (SSSR count). The fourth-order valence-electron chi connectivity index (χ4n) is 1.88. The summed E-state index contributed by atoms with van der Waals surface area (Å²) in [4.78, 5) is 11.2. The monoisotopic (exact) mass is 250 g/mol. The second kappa shape index (κ2) is 4.31. The lowest BCUT2D eigenvalue weighted by molar-refractivity contribution is -0.148. The minimum atomic E-state index is -3.49. The van der Waals surface area contributed by atoms with Gasteiger partial charge in [-0.2, -0.15) is 17.0 Å². The summed E-state index contributed by atoms with van der Waals surface area (Å²) in [7, 11) is -0.595. The molecule has 0 aliphatic carbocycles. The minimum absolute atomic E-state index is 0.0688. The van der Waals surface area contributed by atoms with E-state index in [9.17, 15) is 13.2 Å². The third-order valence-corrected chi connectivity index (χ3v) is 5.12. The molecule has 1 unspecified atom stereocenters. The van der Waals surface area contributed by atoms with Crippen molar-refractivity contribution in [3.8, 4) is 0 Å². The highest BCUT2D eigenvalue weighted by molar-refractivity contribution is 7.86. The molecule has 16 heavy (non-hydrogen) atoms. The molecule has 0 saturated carbocycles. The Bertz CT molecular complexity index is 379. The summed E-state index contributed by atoms with van der Waals surface area (Å²) in [5, 5.41) is 9.15.